The maximum absolute atomic E-state index is 14.0. The first kappa shape index (κ1) is 15.3. The van der Waals surface area contributed by atoms with Gasteiger partial charge in [0.15, 0.2) is 11.6 Å². The smallest absolute Gasteiger partial charge is 0.159 e. The van der Waals surface area contributed by atoms with Gasteiger partial charge in [0.1, 0.15) is 11.6 Å². The molecular formula is C19H12F4. The third kappa shape index (κ3) is 2.97. The summed E-state index contributed by atoms with van der Waals surface area (Å²) >= 11 is 0. The van der Waals surface area contributed by atoms with Crippen molar-refractivity contribution in [3.05, 3.63) is 83.4 Å². The van der Waals surface area contributed by atoms with Crippen molar-refractivity contribution < 1.29 is 17.6 Å². The van der Waals surface area contributed by atoms with E-state index >= 15 is 0 Å². The average molecular weight is 316 g/mol. The maximum atomic E-state index is 14.0. The van der Waals surface area contributed by atoms with Crippen LogP contribution in [0.1, 0.15) is 5.56 Å². The number of aryl methyl sites for hydroxylation is 1. The second-order valence-corrected chi connectivity index (χ2v) is 5.31. The van der Waals surface area contributed by atoms with E-state index in [1.54, 1.807) is 31.2 Å². The molecule has 0 atom stereocenters. The fourth-order valence-electron chi connectivity index (χ4n) is 2.48. The van der Waals surface area contributed by atoms with Crippen molar-refractivity contribution in [2.45, 2.75) is 6.92 Å². The van der Waals surface area contributed by atoms with E-state index < -0.39 is 23.3 Å². The van der Waals surface area contributed by atoms with Gasteiger partial charge in [0.05, 0.1) is 5.56 Å². The predicted octanol–water partition coefficient (Wildman–Crippen LogP) is 5.89. The molecule has 0 fully saturated rings. The van der Waals surface area contributed by atoms with Gasteiger partial charge in [-0.15, -0.1) is 0 Å². The number of halogens is 4. The van der Waals surface area contributed by atoms with Gasteiger partial charge in [-0.1, -0.05) is 30.3 Å². The highest BCUT2D eigenvalue weighted by Crippen LogP contribution is 2.30. The highest BCUT2D eigenvalue weighted by Gasteiger charge is 2.12. The molecule has 0 N–H and O–H groups in total. The van der Waals surface area contributed by atoms with Gasteiger partial charge in [-0.05, 0) is 53.4 Å². The van der Waals surface area contributed by atoms with Crippen molar-refractivity contribution in [2.24, 2.45) is 0 Å². The topological polar surface area (TPSA) is 0 Å². The zero-order chi connectivity index (χ0) is 16.6. The molecule has 3 aromatic carbocycles. The molecule has 0 aliphatic heterocycles. The lowest BCUT2D eigenvalue weighted by Crippen LogP contribution is -1.92. The number of benzene rings is 3. The predicted molar refractivity (Wildman–Crippen MR) is 81.9 cm³/mol. The SMILES string of the molecule is Cc1cc(F)c(-c2ccc(-c3ccc(F)c(F)c3)cc2)c(F)c1. The van der Waals surface area contributed by atoms with E-state index in [1.807, 2.05) is 0 Å². The summed E-state index contributed by atoms with van der Waals surface area (Å²) in [6.45, 7) is 1.61. The highest BCUT2D eigenvalue weighted by molar-refractivity contribution is 5.71. The van der Waals surface area contributed by atoms with E-state index in [0.29, 0.717) is 22.3 Å². The van der Waals surface area contributed by atoms with Gasteiger partial charge in [0, 0.05) is 0 Å². The van der Waals surface area contributed by atoms with Crippen molar-refractivity contribution in [2.75, 3.05) is 0 Å². The van der Waals surface area contributed by atoms with E-state index in [4.69, 9.17) is 0 Å². The van der Waals surface area contributed by atoms with E-state index in [0.717, 1.165) is 12.1 Å². The molecule has 3 aromatic rings. The van der Waals surface area contributed by atoms with Crippen LogP contribution in [0, 0.1) is 30.2 Å². The average Bonchev–Trinajstić information content (AvgIpc) is 2.50. The zero-order valence-corrected chi connectivity index (χ0v) is 12.2. The zero-order valence-electron chi connectivity index (χ0n) is 12.2. The van der Waals surface area contributed by atoms with Crippen LogP contribution >= 0.6 is 0 Å². The van der Waals surface area contributed by atoms with Gasteiger partial charge >= 0.3 is 0 Å². The molecule has 0 saturated heterocycles. The van der Waals surface area contributed by atoms with Crippen LogP contribution in [0.3, 0.4) is 0 Å². The van der Waals surface area contributed by atoms with Gasteiger partial charge < -0.3 is 0 Å². The fourth-order valence-corrected chi connectivity index (χ4v) is 2.48. The van der Waals surface area contributed by atoms with Crippen LogP contribution in [0.15, 0.2) is 54.6 Å². The van der Waals surface area contributed by atoms with Gasteiger partial charge in [-0.3, -0.25) is 0 Å². The van der Waals surface area contributed by atoms with Crippen LogP contribution in [0.4, 0.5) is 17.6 Å². The number of hydrogen-bond acceptors (Lipinski definition) is 0. The molecule has 0 aromatic heterocycles. The van der Waals surface area contributed by atoms with E-state index in [2.05, 4.69) is 0 Å². The first-order valence-corrected chi connectivity index (χ1v) is 6.97. The monoisotopic (exact) mass is 316 g/mol. The Morgan fingerprint density at radius 3 is 1.61 bits per heavy atom. The maximum Gasteiger partial charge on any atom is 0.159 e. The summed E-state index contributed by atoms with van der Waals surface area (Å²) < 4.78 is 54.2. The lowest BCUT2D eigenvalue weighted by atomic mass is 9.99. The lowest BCUT2D eigenvalue weighted by Gasteiger charge is -2.08. The fraction of sp³-hybridized carbons (Fsp3) is 0.0526. The molecule has 0 radical (unpaired) electrons. The summed E-state index contributed by atoms with van der Waals surface area (Å²) in [6.07, 6.45) is 0. The minimum atomic E-state index is -0.942. The molecule has 0 heterocycles. The number of hydrogen-bond donors (Lipinski definition) is 0. The molecular weight excluding hydrogens is 304 g/mol. The van der Waals surface area contributed by atoms with Crippen molar-refractivity contribution in [1.82, 2.24) is 0 Å². The standard InChI is InChI=1S/C19H12F4/c1-11-8-17(22)19(18(23)9-11)13-4-2-12(3-5-13)14-6-7-15(20)16(21)10-14/h2-10H,1H3. The van der Waals surface area contributed by atoms with Crippen molar-refractivity contribution in [3.63, 3.8) is 0 Å². The largest absolute Gasteiger partial charge is 0.206 e. The third-order valence-corrected chi connectivity index (χ3v) is 3.61. The Labute approximate surface area is 131 Å². The summed E-state index contributed by atoms with van der Waals surface area (Å²) in [5.74, 6) is -3.14. The summed E-state index contributed by atoms with van der Waals surface area (Å²) in [4.78, 5) is 0. The Morgan fingerprint density at radius 2 is 1.04 bits per heavy atom. The Bertz CT molecular complexity index is 844. The lowest BCUT2D eigenvalue weighted by molar-refractivity contribution is 0.509. The highest BCUT2D eigenvalue weighted by atomic mass is 19.2. The van der Waals surface area contributed by atoms with E-state index in [9.17, 15) is 17.6 Å². The van der Waals surface area contributed by atoms with Crippen molar-refractivity contribution in [3.8, 4) is 22.3 Å². The van der Waals surface area contributed by atoms with Crippen LogP contribution < -0.4 is 0 Å². The molecule has 0 aliphatic rings. The van der Waals surface area contributed by atoms with Gasteiger partial charge in [0.25, 0.3) is 0 Å². The number of rotatable bonds is 2. The van der Waals surface area contributed by atoms with Crippen LogP contribution in [-0.2, 0) is 0 Å². The Balaban J connectivity index is 2.01. The molecule has 0 saturated carbocycles. The van der Waals surface area contributed by atoms with Gasteiger partial charge in [0.2, 0.25) is 0 Å². The Hall–Kier alpha value is -2.62. The minimum Gasteiger partial charge on any atom is -0.206 e. The van der Waals surface area contributed by atoms with E-state index in [1.165, 1.54) is 18.2 Å². The quantitative estimate of drug-likeness (QED) is 0.517. The van der Waals surface area contributed by atoms with Crippen molar-refractivity contribution >= 4 is 0 Å². The molecule has 0 aliphatic carbocycles. The molecule has 0 spiro atoms. The first-order valence-electron chi connectivity index (χ1n) is 6.97. The summed E-state index contributed by atoms with van der Waals surface area (Å²) in [5, 5.41) is 0. The van der Waals surface area contributed by atoms with Crippen LogP contribution in [0.25, 0.3) is 22.3 Å². The molecule has 23 heavy (non-hydrogen) atoms. The second-order valence-electron chi connectivity index (χ2n) is 5.31. The Kier molecular flexibility index (Phi) is 3.90. The molecule has 0 bridgehead atoms. The molecule has 0 nitrogen and oxygen atoms in total. The molecule has 0 amide bonds. The summed E-state index contributed by atoms with van der Waals surface area (Å²) in [5.41, 5.74) is 1.89. The molecule has 116 valence electrons. The summed E-state index contributed by atoms with van der Waals surface area (Å²) in [7, 11) is 0. The molecule has 0 unspecified atom stereocenters. The minimum absolute atomic E-state index is 0.104. The summed E-state index contributed by atoms with van der Waals surface area (Å²) in [6, 6.07) is 12.4. The first-order chi connectivity index (χ1) is 11.0. The van der Waals surface area contributed by atoms with Gasteiger partial charge in [-0.25, -0.2) is 17.6 Å². The second kappa shape index (κ2) is 5.88. The van der Waals surface area contributed by atoms with Crippen LogP contribution in [0.2, 0.25) is 0 Å². The van der Waals surface area contributed by atoms with Crippen LogP contribution in [0.5, 0.6) is 0 Å². The van der Waals surface area contributed by atoms with Crippen LogP contribution in [-0.4, -0.2) is 0 Å². The molecule has 3 rings (SSSR count). The van der Waals surface area contributed by atoms with Crippen molar-refractivity contribution in [1.29, 1.82) is 0 Å². The third-order valence-electron chi connectivity index (χ3n) is 3.61. The molecule has 4 heteroatoms. The normalized spacial score (nSPS) is 10.8. The Morgan fingerprint density at radius 1 is 0.522 bits per heavy atom. The van der Waals surface area contributed by atoms with E-state index in [-0.39, 0.29) is 5.56 Å². The van der Waals surface area contributed by atoms with Gasteiger partial charge in [-0.2, -0.15) is 0 Å².